The summed E-state index contributed by atoms with van der Waals surface area (Å²) in [5.41, 5.74) is 2.69. The molecule has 2 rings (SSSR count). The smallest absolute Gasteiger partial charge is 0.0443 e. The fourth-order valence-electron chi connectivity index (χ4n) is 2.56. The highest BCUT2D eigenvalue weighted by molar-refractivity contribution is 5.52. The quantitative estimate of drug-likeness (QED) is 0.787. The van der Waals surface area contributed by atoms with Gasteiger partial charge in [0.2, 0.25) is 0 Å². The monoisotopic (exact) mass is 275 g/mol. The molecule has 0 amide bonds. The summed E-state index contributed by atoms with van der Waals surface area (Å²) in [7, 11) is 0. The average molecular weight is 275 g/mol. The molecule has 0 saturated heterocycles. The first kappa shape index (κ1) is 15.3. The summed E-state index contributed by atoms with van der Waals surface area (Å²) in [5.74, 6) is 1.34. The molecule has 1 aromatic rings. The van der Waals surface area contributed by atoms with E-state index in [1.54, 1.807) is 0 Å². The largest absolute Gasteiger partial charge is 0.371 e. The Morgan fingerprint density at radius 1 is 1.20 bits per heavy atom. The van der Waals surface area contributed by atoms with Gasteiger partial charge in [-0.3, -0.25) is 4.98 Å². The number of aromatic nitrogens is 1. The van der Waals surface area contributed by atoms with E-state index >= 15 is 0 Å². The van der Waals surface area contributed by atoms with Crippen LogP contribution in [-0.4, -0.2) is 24.1 Å². The van der Waals surface area contributed by atoms with Crippen molar-refractivity contribution in [1.29, 1.82) is 0 Å². The van der Waals surface area contributed by atoms with Crippen LogP contribution in [0.2, 0.25) is 0 Å². The van der Waals surface area contributed by atoms with Crippen molar-refractivity contribution >= 4 is 5.69 Å². The molecule has 112 valence electrons. The molecule has 0 atom stereocenters. The highest BCUT2D eigenvalue weighted by atomic mass is 15.1. The zero-order valence-corrected chi connectivity index (χ0v) is 13.4. The Hall–Kier alpha value is -1.09. The van der Waals surface area contributed by atoms with Gasteiger partial charge in [0.1, 0.15) is 0 Å². The van der Waals surface area contributed by atoms with Crippen molar-refractivity contribution in [3.05, 3.63) is 24.0 Å². The van der Waals surface area contributed by atoms with E-state index in [0.717, 1.165) is 25.7 Å². The molecule has 0 unspecified atom stereocenters. The maximum absolute atomic E-state index is 4.32. The molecule has 1 aromatic heterocycles. The molecule has 20 heavy (non-hydrogen) atoms. The molecule has 0 bridgehead atoms. The van der Waals surface area contributed by atoms with Gasteiger partial charge in [-0.15, -0.1) is 0 Å². The lowest BCUT2D eigenvalue weighted by Crippen LogP contribution is -2.32. The summed E-state index contributed by atoms with van der Waals surface area (Å²) >= 11 is 0. The third kappa shape index (κ3) is 4.78. The minimum absolute atomic E-state index is 0.672. The summed E-state index contributed by atoms with van der Waals surface area (Å²) in [6, 6.07) is 2.92. The third-order valence-electron chi connectivity index (χ3n) is 3.55. The standard InChI is InChI=1S/C17H29N3/c1-13(2)11-20(12-14(3)4)17-7-8-18-9-15(17)10-19-16-5-6-16/h7-9,13-14,16,19H,5-6,10-12H2,1-4H3. The molecule has 0 aliphatic heterocycles. The van der Waals surface area contributed by atoms with E-state index in [4.69, 9.17) is 0 Å². The number of nitrogens with zero attached hydrogens (tertiary/aromatic N) is 2. The maximum atomic E-state index is 4.32. The van der Waals surface area contributed by atoms with Gasteiger partial charge in [0.15, 0.2) is 0 Å². The molecule has 0 radical (unpaired) electrons. The summed E-state index contributed by atoms with van der Waals surface area (Å²) in [6.07, 6.45) is 6.61. The lowest BCUT2D eigenvalue weighted by molar-refractivity contribution is 0.549. The zero-order valence-electron chi connectivity index (χ0n) is 13.4. The van der Waals surface area contributed by atoms with E-state index in [9.17, 15) is 0 Å². The summed E-state index contributed by atoms with van der Waals surface area (Å²) in [6.45, 7) is 12.3. The van der Waals surface area contributed by atoms with E-state index < -0.39 is 0 Å². The Balaban J connectivity index is 2.11. The number of anilines is 1. The number of hydrogen-bond donors (Lipinski definition) is 1. The zero-order chi connectivity index (χ0) is 14.5. The van der Waals surface area contributed by atoms with E-state index in [0.29, 0.717) is 11.8 Å². The Kier molecular flexibility index (Phi) is 5.41. The number of hydrogen-bond acceptors (Lipinski definition) is 3. The van der Waals surface area contributed by atoms with Gasteiger partial charge in [0.05, 0.1) is 0 Å². The highest BCUT2D eigenvalue weighted by Crippen LogP contribution is 2.24. The van der Waals surface area contributed by atoms with Crippen LogP contribution in [0.1, 0.15) is 46.1 Å². The molecule has 1 N–H and O–H groups in total. The molecule has 1 fully saturated rings. The molecule has 1 aliphatic rings. The van der Waals surface area contributed by atoms with Gasteiger partial charge >= 0.3 is 0 Å². The number of nitrogens with one attached hydrogen (secondary N) is 1. The second-order valence-electron chi connectivity index (χ2n) is 6.85. The lowest BCUT2D eigenvalue weighted by atomic mass is 10.1. The van der Waals surface area contributed by atoms with Crippen molar-refractivity contribution in [3.8, 4) is 0 Å². The number of pyridine rings is 1. The molecule has 1 saturated carbocycles. The van der Waals surface area contributed by atoms with Gasteiger partial charge in [-0.25, -0.2) is 0 Å². The van der Waals surface area contributed by atoms with Crippen LogP contribution in [0, 0.1) is 11.8 Å². The topological polar surface area (TPSA) is 28.2 Å². The normalized spacial score (nSPS) is 15.1. The molecular weight excluding hydrogens is 246 g/mol. The van der Waals surface area contributed by atoms with Gasteiger partial charge in [-0.05, 0) is 30.7 Å². The predicted molar refractivity (Wildman–Crippen MR) is 86.0 cm³/mol. The van der Waals surface area contributed by atoms with Crippen molar-refractivity contribution < 1.29 is 0 Å². The molecule has 3 heteroatoms. The molecular formula is C17H29N3. The van der Waals surface area contributed by atoms with E-state index in [-0.39, 0.29) is 0 Å². The summed E-state index contributed by atoms with van der Waals surface area (Å²) in [4.78, 5) is 6.85. The van der Waals surface area contributed by atoms with Crippen LogP contribution in [0.5, 0.6) is 0 Å². The predicted octanol–water partition coefficient (Wildman–Crippen LogP) is 3.45. The third-order valence-corrected chi connectivity index (χ3v) is 3.55. The van der Waals surface area contributed by atoms with E-state index in [1.807, 2.05) is 12.4 Å². The van der Waals surface area contributed by atoms with Crippen LogP contribution in [-0.2, 0) is 6.54 Å². The van der Waals surface area contributed by atoms with Gasteiger partial charge in [0.25, 0.3) is 0 Å². The van der Waals surface area contributed by atoms with Crippen molar-refractivity contribution in [2.45, 2.75) is 53.1 Å². The Bertz CT molecular complexity index is 400. The second-order valence-corrected chi connectivity index (χ2v) is 6.85. The van der Waals surface area contributed by atoms with Crippen LogP contribution >= 0.6 is 0 Å². The Labute approximate surface area is 123 Å². The average Bonchev–Trinajstić information content (AvgIpc) is 3.19. The first-order valence-electron chi connectivity index (χ1n) is 7.97. The fourth-order valence-corrected chi connectivity index (χ4v) is 2.56. The summed E-state index contributed by atoms with van der Waals surface area (Å²) < 4.78 is 0. The first-order valence-corrected chi connectivity index (χ1v) is 7.97. The minimum Gasteiger partial charge on any atom is -0.371 e. The fraction of sp³-hybridized carbons (Fsp3) is 0.706. The summed E-state index contributed by atoms with van der Waals surface area (Å²) in [5, 5.41) is 3.61. The van der Waals surface area contributed by atoms with Crippen LogP contribution in [0.15, 0.2) is 18.5 Å². The molecule has 0 aromatic carbocycles. The minimum atomic E-state index is 0.672. The van der Waals surface area contributed by atoms with Crippen molar-refractivity contribution in [2.24, 2.45) is 11.8 Å². The van der Waals surface area contributed by atoms with E-state index in [2.05, 4.69) is 49.0 Å². The van der Waals surface area contributed by atoms with Crippen LogP contribution < -0.4 is 10.2 Å². The SMILES string of the molecule is CC(C)CN(CC(C)C)c1ccncc1CNC1CC1. The Morgan fingerprint density at radius 2 is 1.85 bits per heavy atom. The van der Waals surface area contributed by atoms with Crippen LogP contribution in [0.25, 0.3) is 0 Å². The van der Waals surface area contributed by atoms with Gasteiger partial charge < -0.3 is 10.2 Å². The van der Waals surface area contributed by atoms with Crippen molar-refractivity contribution in [3.63, 3.8) is 0 Å². The van der Waals surface area contributed by atoms with Gasteiger partial charge in [0, 0.05) is 49.3 Å². The lowest BCUT2D eigenvalue weighted by Gasteiger charge is -2.30. The molecule has 3 nitrogen and oxygen atoms in total. The maximum Gasteiger partial charge on any atom is 0.0443 e. The second kappa shape index (κ2) is 7.07. The van der Waals surface area contributed by atoms with Crippen molar-refractivity contribution in [2.75, 3.05) is 18.0 Å². The van der Waals surface area contributed by atoms with Gasteiger partial charge in [-0.1, -0.05) is 27.7 Å². The molecule has 0 spiro atoms. The van der Waals surface area contributed by atoms with Crippen LogP contribution in [0.3, 0.4) is 0 Å². The van der Waals surface area contributed by atoms with Crippen molar-refractivity contribution in [1.82, 2.24) is 10.3 Å². The molecule has 1 aliphatic carbocycles. The van der Waals surface area contributed by atoms with Crippen LogP contribution in [0.4, 0.5) is 5.69 Å². The number of rotatable bonds is 8. The Morgan fingerprint density at radius 3 is 2.40 bits per heavy atom. The van der Waals surface area contributed by atoms with E-state index in [1.165, 1.54) is 24.1 Å². The first-order chi connectivity index (χ1) is 9.56. The van der Waals surface area contributed by atoms with Gasteiger partial charge in [-0.2, -0.15) is 0 Å². The molecule has 1 heterocycles. The highest BCUT2D eigenvalue weighted by Gasteiger charge is 2.21.